The second-order valence-corrected chi connectivity index (χ2v) is 5.97. The summed E-state index contributed by atoms with van der Waals surface area (Å²) in [6, 6.07) is 2.76. The van der Waals surface area contributed by atoms with Gasteiger partial charge in [-0.05, 0) is 34.1 Å². The molecular formula is C14H4BrClF6N2O. The van der Waals surface area contributed by atoms with Crippen LogP contribution in [0.5, 0.6) is 0 Å². The van der Waals surface area contributed by atoms with Crippen molar-refractivity contribution in [1.82, 2.24) is 4.57 Å². The Bertz CT molecular complexity index is 943. The van der Waals surface area contributed by atoms with Crippen molar-refractivity contribution in [1.29, 1.82) is 5.26 Å². The maximum absolute atomic E-state index is 12.9. The summed E-state index contributed by atoms with van der Waals surface area (Å²) in [6.45, 7) is 0. The number of hydrogen-bond acceptors (Lipinski definition) is 2. The Morgan fingerprint density at radius 1 is 1.04 bits per heavy atom. The first kappa shape index (κ1) is 19.3. The summed E-state index contributed by atoms with van der Waals surface area (Å²) in [7, 11) is 0. The minimum atomic E-state index is -4.83. The molecule has 11 heteroatoms. The average Bonchev–Trinajstić information content (AvgIpc) is 2.47. The van der Waals surface area contributed by atoms with Gasteiger partial charge >= 0.3 is 12.4 Å². The molecule has 0 radical (unpaired) electrons. The van der Waals surface area contributed by atoms with Crippen molar-refractivity contribution < 1.29 is 26.3 Å². The van der Waals surface area contributed by atoms with Gasteiger partial charge in [-0.2, -0.15) is 31.6 Å². The van der Waals surface area contributed by atoms with Crippen molar-refractivity contribution in [3.63, 3.8) is 0 Å². The predicted molar refractivity (Wildman–Crippen MR) is 79.5 cm³/mol. The van der Waals surface area contributed by atoms with Crippen LogP contribution in [-0.2, 0) is 12.4 Å². The zero-order valence-electron chi connectivity index (χ0n) is 11.6. The van der Waals surface area contributed by atoms with Gasteiger partial charge in [-0.3, -0.25) is 9.36 Å². The Hall–Kier alpha value is -1.99. The van der Waals surface area contributed by atoms with Gasteiger partial charge in [-0.1, -0.05) is 11.6 Å². The largest absolute Gasteiger partial charge is 0.417 e. The average molecular weight is 446 g/mol. The van der Waals surface area contributed by atoms with Gasteiger partial charge < -0.3 is 0 Å². The summed E-state index contributed by atoms with van der Waals surface area (Å²) in [5.74, 6) is 0. The molecule has 0 saturated carbocycles. The van der Waals surface area contributed by atoms with Gasteiger partial charge in [0.25, 0.3) is 5.56 Å². The zero-order valence-corrected chi connectivity index (χ0v) is 14.0. The molecule has 0 aliphatic carbocycles. The van der Waals surface area contributed by atoms with Crippen LogP contribution in [0.25, 0.3) is 5.69 Å². The van der Waals surface area contributed by atoms with E-state index in [1.807, 2.05) is 0 Å². The number of hydrogen-bond donors (Lipinski definition) is 0. The maximum Gasteiger partial charge on any atom is 0.417 e. The summed E-state index contributed by atoms with van der Waals surface area (Å²) >= 11 is 8.40. The Balaban J connectivity index is 2.86. The fraction of sp³-hybridized carbons (Fsp3) is 0.143. The number of benzene rings is 1. The third-order valence-electron chi connectivity index (χ3n) is 3.05. The van der Waals surface area contributed by atoms with E-state index in [2.05, 4.69) is 15.9 Å². The molecule has 0 aliphatic heterocycles. The first-order valence-corrected chi connectivity index (χ1v) is 7.34. The number of nitrogens with zero attached hydrogens (tertiary/aromatic N) is 2. The van der Waals surface area contributed by atoms with Gasteiger partial charge in [0.15, 0.2) is 0 Å². The topological polar surface area (TPSA) is 45.8 Å². The van der Waals surface area contributed by atoms with Crippen LogP contribution in [0, 0.1) is 11.3 Å². The molecule has 3 nitrogen and oxygen atoms in total. The number of alkyl halides is 6. The van der Waals surface area contributed by atoms with Crippen molar-refractivity contribution >= 4 is 27.5 Å². The van der Waals surface area contributed by atoms with E-state index in [1.165, 1.54) is 6.07 Å². The van der Waals surface area contributed by atoms with Crippen LogP contribution in [0.1, 0.15) is 16.7 Å². The SMILES string of the molecule is N#Cc1cc(C(F)(F)F)cc(Cl)c1-n1cc(C(F)(F)F)cc(Br)c1=O. The molecule has 1 aromatic carbocycles. The quantitative estimate of drug-likeness (QED) is 0.569. The number of aromatic nitrogens is 1. The Labute approximate surface area is 149 Å². The van der Waals surface area contributed by atoms with Crippen LogP contribution < -0.4 is 5.56 Å². The minimum absolute atomic E-state index is 0.364. The van der Waals surface area contributed by atoms with Gasteiger partial charge in [0, 0.05) is 6.20 Å². The lowest BCUT2D eigenvalue weighted by atomic mass is 10.1. The Morgan fingerprint density at radius 3 is 2.08 bits per heavy atom. The van der Waals surface area contributed by atoms with Crippen LogP contribution in [-0.4, -0.2) is 4.57 Å². The van der Waals surface area contributed by atoms with Gasteiger partial charge in [-0.15, -0.1) is 0 Å². The lowest BCUT2D eigenvalue weighted by Gasteiger charge is -2.16. The number of pyridine rings is 1. The second kappa shape index (κ2) is 6.38. The number of rotatable bonds is 1. The van der Waals surface area contributed by atoms with E-state index in [0.29, 0.717) is 29.0 Å². The molecule has 2 aromatic rings. The van der Waals surface area contributed by atoms with Crippen LogP contribution in [0.2, 0.25) is 5.02 Å². The highest BCUT2D eigenvalue weighted by atomic mass is 79.9. The predicted octanol–water partition coefficient (Wildman–Crippen LogP) is 5.16. The third kappa shape index (κ3) is 3.82. The van der Waals surface area contributed by atoms with Crippen molar-refractivity contribution in [3.8, 4) is 11.8 Å². The van der Waals surface area contributed by atoms with Gasteiger partial charge in [0.05, 0.1) is 31.9 Å². The van der Waals surface area contributed by atoms with E-state index < -0.39 is 49.8 Å². The highest BCUT2D eigenvalue weighted by Gasteiger charge is 2.34. The van der Waals surface area contributed by atoms with Crippen LogP contribution >= 0.6 is 27.5 Å². The summed E-state index contributed by atoms with van der Waals surface area (Å²) in [6.07, 6.45) is -9.29. The molecule has 0 saturated heterocycles. The molecular weight excluding hydrogens is 442 g/mol. The van der Waals surface area contributed by atoms with E-state index in [1.54, 1.807) is 0 Å². The second-order valence-electron chi connectivity index (χ2n) is 4.71. The fourth-order valence-electron chi connectivity index (χ4n) is 1.96. The molecule has 1 heterocycles. The monoisotopic (exact) mass is 444 g/mol. The van der Waals surface area contributed by atoms with Crippen molar-refractivity contribution in [2.45, 2.75) is 12.4 Å². The molecule has 132 valence electrons. The van der Waals surface area contributed by atoms with Gasteiger partial charge in [-0.25, -0.2) is 0 Å². The number of halogens is 8. The Morgan fingerprint density at radius 2 is 1.60 bits per heavy atom. The van der Waals surface area contributed by atoms with E-state index in [-0.39, 0.29) is 0 Å². The highest BCUT2D eigenvalue weighted by molar-refractivity contribution is 9.10. The standard InChI is InChI=1S/C14H4BrClF6N2O/c15-9-2-8(14(20,21)22)5-24(12(9)25)11-6(4-23)1-7(3-10(11)16)13(17,18)19/h1-3,5H. The zero-order chi connectivity index (χ0) is 19.2. The molecule has 0 unspecified atom stereocenters. The van der Waals surface area contributed by atoms with Crippen LogP contribution in [0.15, 0.2) is 33.7 Å². The number of nitriles is 1. The van der Waals surface area contributed by atoms with Crippen molar-refractivity contribution in [2.75, 3.05) is 0 Å². The van der Waals surface area contributed by atoms with E-state index in [4.69, 9.17) is 16.9 Å². The molecule has 0 N–H and O–H groups in total. The molecule has 25 heavy (non-hydrogen) atoms. The Kier molecular flexibility index (Phi) is 4.94. The van der Waals surface area contributed by atoms with E-state index in [0.717, 1.165) is 0 Å². The summed E-state index contributed by atoms with van der Waals surface area (Å²) in [5.41, 5.74) is -4.82. The summed E-state index contributed by atoms with van der Waals surface area (Å²) in [4.78, 5) is 12.1. The maximum atomic E-state index is 12.9. The normalized spacial score (nSPS) is 12.1. The summed E-state index contributed by atoms with van der Waals surface area (Å²) < 4.78 is 77.0. The third-order valence-corrected chi connectivity index (χ3v) is 3.91. The first-order chi connectivity index (χ1) is 11.4. The molecule has 0 atom stereocenters. The molecule has 0 aliphatic rings. The van der Waals surface area contributed by atoms with Gasteiger partial charge in [0.1, 0.15) is 6.07 Å². The minimum Gasteiger partial charge on any atom is -0.280 e. The molecule has 0 amide bonds. The van der Waals surface area contributed by atoms with Gasteiger partial charge in [0.2, 0.25) is 0 Å². The lowest BCUT2D eigenvalue weighted by molar-refractivity contribution is -0.138. The lowest BCUT2D eigenvalue weighted by Crippen LogP contribution is -2.23. The molecule has 1 aromatic heterocycles. The smallest absolute Gasteiger partial charge is 0.280 e. The fourth-order valence-corrected chi connectivity index (χ4v) is 2.71. The summed E-state index contributed by atoms with van der Waals surface area (Å²) in [5, 5.41) is 8.36. The van der Waals surface area contributed by atoms with Crippen molar-refractivity contribution in [3.05, 3.63) is 60.9 Å². The molecule has 0 bridgehead atoms. The van der Waals surface area contributed by atoms with Crippen LogP contribution in [0.4, 0.5) is 26.3 Å². The van der Waals surface area contributed by atoms with Crippen LogP contribution in [0.3, 0.4) is 0 Å². The van der Waals surface area contributed by atoms with Crippen molar-refractivity contribution in [2.24, 2.45) is 0 Å². The van der Waals surface area contributed by atoms with E-state index >= 15 is 0 Å². The molecule has 0 spiro atoms. The molecule has 0 fully saturated rings. The molecule has 2 rings (SSSR count). The first-order valence-electron chi connectivity index (χ1n) is 6.17. The highest BCUT2D eigenvalue weighted by Crippen LogP contribution is 2.36. The van der Waals surface area contributed by atoms with E-state index in [9.17, 15) is 31.1 Å².